The zero-order chi connectivity index (χ0) is 22.1. The molecule has 0 aliphatic heterocycles. The van der Waals surface area contributed by atoms with Crippen LogP contribution in [0, 0.1) is 5.92 Å². The SMILES string of the molecule is CCC(C)NC(=O)c1cccc(CNC(=NC)NCc2ccccc2OCC2CC2)c1.I. The van der Waals surface area contributed by atoms with Gasteiger partial charge in [-0.2, -0.15) is 0 Å². The van der Waals surface area contributed by atoms with E-state index in [4.69, 9.17) is 4.74 Å². The number of para-hydroxylation sites is 1. The van der Waals surface area contributed by atoms with Gasteiger partial charge in [0.1, 0.15) is 5.75 Å². The lowest BCUT2D eigenvalue weighted by atomic mass is 10.1. The summed E-state index contributed by atoms with van der Waals surface area (Å²) in [5.74, 6) is 2.31. The van der Waals surface area contributed by atoms with Gasteiger partial charge in [-0.25, -0.2) is 0 Å². The van der Waals surface area contributed by atoms with Crippen molar-refractivity contribution in [2.45, 2.75) is 52.2 Å². The van der Waals surface area contributed by atoms with Gasteiger partial charge in [0.15, 0.2) is 5.96 Å². The molecule has 1 amide bonds. The first-order chi connectivity index (χ1) is 15.1. The van der Waals surface area contributed by atoms with Crippen molar-refractivity contribution in [3.05, 3.63) is 65.2 Å². The third-order valence-electron chi connectivity index (χ3n) is 5.45. The van der Waals surface area contributed by atoms with Crippen LogP contribution in [-0.4, -0.2) is 31.6 Å². The van der Waals surface area contributed by atoms with Crippen LogP contribution < -0.4 is 20.7 Å². The summed E-state index contributed by atoms with van der Waals surface area (Å²) < 4.78 is 5.99. The number of benzene rings is 2. The Bertz CT molecular complexity index is 899. The molecular weight excluding hydrogens is 515 g/mol. The van der Waals surface area contributed by atoms with E-state index in [-0.39, 0.29) is 35.9 Å². The van der Waals surface area contributed by atoms with Crippen LogP contribution >= 0.6 is 24.0 Å². The maximum absolute atomic E-state index is 12.4. The van der Waals surface area contributed by atoms with Crippen LogP contribution in [0.5, 0.6) is 5.75 Å². The Labute approximate surface area is 208 Å². The van der Waals surface area contributed by atoms with Crippen LogP contribution in [0.4, 0.5) is 0 Å². The van der Waals surface area contributed by atoms with Gasteiger partial charge < -0.3 is 20.7 Å². The number of halogens is 1. The van der Waals surface area contributed by atoms with Crippen molar-refractivity contribution in [1.29, 1.82) is 0 Å². The largest absolute Gasteiger partial charge is 0.493 e. The van der Waals surface area contributed by atoms with Crippen LogP contribution in [0.1, 0.15) is 54.6 Å². The molecule has 1 aliphatic rings. The number of rotatable bonds is 10. The number of hydrogen-bond donors (Lipinski definition) is 3. The molecule has 0 radical (unpaired) electrons. The third kappa shape index (κ3) is 8.33. The fourth-order valence-corrected chi connectivity index (χ4v) is 3.10. The van der Waals surface area contributed by atoms with E-state index in [0.29, 0.717) is 24.6 Å². The third-order valence-corrected chi connectivity index (χ3v) is 5.45. The Morgan fingerprint density at radius 1 is 1.12 bits per heavy atom. The molecule has 32 heavy (non-hydrogen) atoms. The highest BCUT2D eigenvalue weighted by atomic mass is 127. The van der Waals surface area contributed by atoms with Crippen LogP contribution in [-0.2, 0) is 13.1 Å². The van der Waals surface area contributed by atoms with Crippen LogP contribution in [0.2, 0.25) is 0 Å². The van der Waals surface area contributed by atoms with Crippen LogP contribution in [0.15, 0.2) is 53.5 Å². The molecule has 1 unspecified atom stereocenters. The number of aliphatic imine (C=N–C) groups is 1. The average Bonchev–Trinajstić information content (AvgIpc) is 3.63. The fourth-order valence-electron chi connectivity index (χ4n) is 3.10. The highest BCUT2D eigenvalue weighted by molar-refractivity contribution is 14.0. The molecule has 0 heterocycles. The lowest BCUT2D eigenvalue weighted by Gasteiger charge is -2.15. The molecule has 0 aromatic heterocycles. The molecule has 174 valence electrons. The predicted octanol–water partition coefficient (Wildman–Crippen LogP) is 4.49. The Balaban J connectivity index is 0.00000363. The van der Waals surface area contributed by atoms with Gasteiger partial charge in [0, 0.05) is 37.3 Å². The lowest BCUT2D eigenvalue weighted by molar-refractivity contribution is 0.0939. The molecule has 1 fully saturated rings. The minimum atomic E-state index is -0.0403. The van der Waals surface area contributed by atoms with Gasteiger partial charge in [0.25, 0.3) is 5.91 Å². The summed E-state index contributed by atoms with van der Waals surface area (Å²) in [7, 11) is 1.75. The van der Waals surface area contributed by atoms with Crippen molar-refractivity contribution in [3.8, 4) is 5.75 Å². The van der Waals surface area contributed by atoms with Crippen LogP contribution in [0.25, 0.3) is 0 Å². The molecule has 2 aromatic rings. The van der Waals surface area contributed by atoms with Gasteiger partial charge in [-0.05, 0) is 55.9 Å². The Morgan fingerprint density at radius 3 is 2.59 bits per heavy atom. The molecule has 1 saturated carbocycles. The van der Waals surface area contributed by atoms with Crippen molar-refractivity contribution in [2.75, 3.05) is 13.7 Å². The molecule has 0 spiro atoms. The van der Waals surface area contributed by atoms with Crippen molar-refractivity contribution in [1.82, 2.24) is 16.0 Å². The molecule has 3 rings (SSSR count). The van der Waals surface area contributed by atoms with Gasteiger partial charge in [-0.15, -0.1) is 24.0 Å². The van der Waals surface area contributed by atoms with Crippen molar-refractivity contribution in [3.63, 3.8) is 0 Å². The molecule has 0 saturated heterocycles. The molecule has 2 aromatic carbocycles. The van der Waals surface area contributed by atoms with E-state index in [0.717, 1.165) is 35.8 Å². The van der Waals surface area contributed by atoms with E-state index in [1.807, 2.05) is 49.4 Å². The van der Waals surface area contributed by atoms with Gasteiger partial charge >= 0.3 is 0 Å². The lowest BCUT2D eigenvalue weighted by Crippen LogP contribution is -2.36. The van der Waals surface area contributed by atoms with E-state index in [9.17, 15) is 4.79 Å². The summed E-state index contributed by atoms with van der Waals surface area (Å²) in [4.78, 5) is 16.7. The molecule has 0 bridgehead atoms. The monoisotopic (exact) mass is 550 g/mol. The topological polar surface area (TPSA) is 74.8 Å². The fraction of sp³-hybridized carbons (Fsp3) is 0.440. The quantitative estimate of drug-likeness (QED) is 0.232. The Hall–Kier alpha value is -2.29. The first-order valence-corrected chi connectivity index (χ1v) is 11.1. The summed E-state index contributed by atoms with van der Waals surface area (Å²) in [6, 6.07) is 15.9. The summed E-state index contributed by atoms with van der Waals surface area (Å²) in [6.45, 7) is 6.06. The van der Waals surface area contributed by atoms with Gasteiger partial charge in [0.2, 0.25) is 0 Å². The molecule has 6 nitrogen and oxygen atoms in total. The number of guanidine groups is 1. The number of carbonyl (C=O) groups excluding carboxylic acids is 1. The van der Waals surface area contributed by atoms with Gasteiger partial charge in [-0.1, -0.05) is 37.3 Å². The van der Waals surface area contributed by atoms with E-state index >= 15 is 0 Å². The maximum Gasteiger partial charge on any atom is 0.251 e. The first kappa shape index (κ1) is 26.0. The van der Waals surface area contributed by atoms with E-state index in [1.54, 1.807) is 7.05 Å². The molecule has 1 atom stereocenters. The van der Waals surface area contributed by atoms with Crippen molar-refractivity contribution in [2.24, 2.45) is 10.9 Å². The van der Waals surface area contributed by atoms with E-state index in [1.165, 1.54) is 12.8 Å². The molecular formula is C25H35IN4O2. The highest BCUT2D eigenvalue weighted by Gasteiger charge is 2.22. The molecule has 3 N–H and O–H groups in total. The summed E-state index contributed by atoms with van der Waals surface area (Å²) in [5, 5.41) is 9.68. The second kappa shape index (κ2) is 13.3. The van der Waals surface area contributed by atoms with Crippen LogP contribution in [0.3, 0.4) is 0 Å². The second-order valence-corrected chi connectivity index (χ2v) is 8.12. The zero-order valence-electron chi connectivity index (χ0n) is 19.2. The maximum atomic E-state index is 12.4. The Morgan fingerprint density at radius 2 is 1.88 bits per heavy atom. The average molecular weight is 550 g/mol. The number of nitrogens with one attached hydrogen (secondary N) is 3. The highest BCUT2D eigenvalue weighted by Crippen LogP contribution is 2.30. The summed E-state index contributed by atoms with van der Waals surface area (Å²) in [6.07, 6.45) is 3.46. The van der Waals surface area contributed by atoms with E-state index < -0.39 is 0 Å². The van der Waals surface area contributed by atoms with Gasteiger partial charge in [-0.3, -0.25) is 9.79 Å². The molecule has 7 heteroatoms. The first-order valence-electron chi connectivity index (χ1n) is 11.1. The van der Waals surface area contributed by atoms with Crippen molar-refractivity contribution >= 4 is 35.8 Å². The van der Waals surface area contributed by atoms with Gasteiger partial charge in [0.05, 0.1) is 6.61 Å². The zero-order valence-corrected chi connectivity index (χ0v) is 21.5. The number of ether oxygens (including phenoxy) is 1. The second-order valence-electron chi connectivity index (χ2n) is 8.12. The number of nitrogens with zero attached hydrogens (tertiary/aromatic N) is 1. The normalized spacial score (nSPS) is 14.2. The smallest absolute Gasteiger partial charge is 0.251 e. The summed E-state index contributed by atoms with van der Waals surface area (Å²) >= 11 is 0. The van der Waals surface area contributed by atoms with E-state index in [2.05, 4.69) is 33.9 Å². The number of hydrogen-bond acceptors (Lipinski definition) is 3. The molecule has 1 aliphatic carbocycles. The minimum Gasteiger partial charge on any atom is -0.493 e. The minimum absolute atomic E-state index is 0. The number of carbonyl (C=O) groups is 1. The summed E-state index contributed by atoms with van der Waals surface area (Å²) in [5.41, 5.74) is 2.80. The predicted molar refractivity (Wildman–Crippen MR) is 141 cm³/mol. The standard InChI is InChI=1S/C25H34N4O2.HI/c1-4-18(2)29-24(30)21-10-7-8-20(14-21)15-27-25(26-3)28-16-22-9-5-6-11-23(22)31-17-19-12-13-19;/h5-11,14,18-19H,4,12-13,15-17H2,1-3H3,(H,29,30)(H2,26,27,28);1H. The number of amides is 1. The van der Waals surface area contributed by atoms with Crippen molar-refractivity contribution < 1.29 is 9.53 Å². The Kier molecular flexibility index (Phi) is 10.8.